The second-order valence-corrected chi connectivity index (χ2v) is 4.36. The lowest BCUT2D eigenvalue weighted by atomic mass is 10.1. The van der Waals surface area contributed by atoms with Crippen molar-refractivity contribution in [1.82, 2.24) is 10.2 Å². The molecule has 1 heterocycles. The fraction of sp³-hybridized carbons (Fsp3) is 0.750. The molecular formula is C12H20N2O5. The molecule has 1 fully saturated rings. The van der Waals surface area contributed by atoms with E-state index in [4.69, 9.17) is 0 Å². The summed E-state index contributed by atoms with van der Waals surface area (Å²) in [6.07, 6.45) is 2.37. The van der Waals surface area contributed by atoms with Gasteiger partial charge >= 0.3 is 11.9 Å². The predicted molar refractivity (Wildman–Crippen MR) is 66.3 cm³/mol. The van der Waals surface area contributed by atoms with Gasteiger partial charge in [-0.3, -0.25) is 19.3 Å². The zero-order valence-electron chi connectivity index (χ0n) is 11.3. The van der Waals surface area contributed by atoms with Gasteiger partial charge in [0.15, 0.2) is 0 Å². The molecule has 0 aromatic rings. The van der Waals surface area contributed by atoms with Crippen LogP contribution >= 0.6 is 0 Å². The number of methoxy groups -OCH3 is 2. The van der Waals surface area contributed by atoms with E-state index < -0.39 is 18.0 Å². The monoisotopic (exact) mass is 272 g/mol. The van der Waals surface area contributed by atoms with Crippen molar-refractivity contribution in [3.05, 3.63) is 0 Å². The van der Waals surface area contributed by atoms with Gasteiger partial charge in [0.2, 0.25) is 5.91 Å². The molecule has 0 aromatic carbocycles. The van der Waals surface area contributed by atoms with E-state index in [1.54, 1.807) is 0 Å². The Morgan fingerprint density at radius 2 is 1.79 bits per heavy atom. The van der Waals surface area contributed by atoms with Crippen LogP contribution in [0.3, 0.4) is 0 Å². The Morgan fingerprint density at radius 3 is 2.32 bits per heavy atom. The number of amides is 1. The van der Waals surface area contributed by atoms with Crippen LogP contribution in [-0.4, -0.2) is 62.6 Å². The van der Waals surface area contributed by atoms with E-state index in [-0.39, 0.29) is 19.0 Å². The fourth-order valence-electron chi connectivity index (χ4n) is 2.01. The Hall–Kier alpha value is -1.63. The van der Waals surface area contributed by atoms with Gasteiger partial charge in [0.25, 0.3) is 0 Å². The zero-order chi connectivity index (χ0) is 14.3. The average molecular weight is 272 g/mol. The van der Waals surface area contributed by atoms with Crippen LogP contribution in [0.5, 0.6) is 0 Å². The van der Waals surface area contributed by atoms with Gasteiger partial charge in [-0.25, -0.2) is 0 Å². The summed E-state index contributed by atoms with van der Waals surface area (Å²) in [6, 6.07) is -0.499. The number of ether oxygens (including phenoxy) is 2. The van der Waals surface area contributed by atoms with Crippen LogP contribution in [-0.2, 0) is 23.9 Å². The van der Waals surface area contributed by atoms with Crippen LogP contribution < -0.4 is 5.32 Å². The Balaban J connectivity index is 2.76. The zero-order valence-corrected chi connectivity index (χ0v) is 11.3. The molecule has 0 spiro atoms. The van der Waals surface area contributed by atoms with Gasteiger partial charge in [0, 0.05) is 6.54 Å². The number of carbonyl (C=O) groups excluding carboxylic acids is 3. The highest BCUT2D eigenvalue weighted by Gasteiger charge is 2.30. The second-order valence-electron chi connectivity index (χ2n) is 4.36. The molecule has 1 unspecified atom stereocenters. The highest BCUT2D eigenvalue weighted by molar-refractivity contribution is 5.84. The van der Waals surface area contributed by atoms with Crippen molar-refractivity contribution in [3.63, 3.8) is 0 Å². The van der Waals surface area contributed by atoms with Crippen LogP contribution in [0.25, 0.3) is 0 Å². The van der Waals surface area contributed by atoms with Crippen LogP contribution in [0, 0.1) is 0 Å². The quantitative estimate of drug-likeness (QED) is 0.666. The van der Waals surface area contributed by atoms with Crippen molar-refractivity contribution in [2.24, 2.45) is 0 Å². The molecule has 1 N–H and O–H groups in total. The molecule has 7 heteroatoms. The van der Waals surface area contributed by atoms with Gasteiger partial charge in [0.1, 0.15) is 0 Å². The number of hydrogen-bond acceptors (Lipinski definition) is 6. The van der Waals surface area contributed by atoms with E-state index in [1.807, 2.05) is 0 Å². The Labute approximate surface area is 112 Å². The minimum absolute atomic E-state index is 0.107. The molecule has 7 nitrogen and oxygen atoms in total. The number of esters is 2. The van der Waals surface area contributed by atoms with E-state index in [9.17, 15) is 14.4 Å². The minimum atomic E-state index is -0.499. The number of nitrogens with zero attached hydrogens (tertiary/aromatic N) is 1. The topological polar surface area (TPSA) is 84.9 Å². The van der Waals surface area contributed by atoms with Crippen molar-refractivity contribution < 1.29 is 23.9 Å². The molecule has 19 heavy (non-hydrogen) atoms. The van der Waals surface area contributed by atoms with E-state index in [0.717, 1.165) is 12.8 Å². The van der Waals surface area contributed by atoms with Crippen molar-refractivity contribution in [2.45, 2.75) is 25.3 Å². The maximum Gasteiger partial charge on any atom is 0.319 e. The largest absolute Gasteiger partial charge is 0.468 e. The Morgan fingerprint density at radius 1 is 1.21 bits per heavy atom. The van der Waals surface area contributed by atoms with Crippen LogP contribution in [0.15, 0.2) is 0 Å². The van der Waals surface area contributed by atoms with Crippen molar-refractivity contribution in [1.29, 1.82) is 0 Å². The van der Waals surface area contributed by atoms with Gasteiger partial charge in [0.05, 0.1) is 33.4 Å². The average Bonchev–Trinajstić information content (AvgIpc) is 2.62. The summed E-state index contributed by atoms with van der Waals surface area (Å²) in [5.74, 6) is -1.13. The van der Waals surface area contributed by atoms with E-state index in [1.165, 1.54) is 19.1 Å². The molecule has 1 atom stereocenters. The molecule has 0 aliphatic carbocycles. The molecule has 108 valence electrons. The normalized spacial score (nSPS) is 19.5. The molecule has 0 aromatic heterocycles. The molecule has 0 bridgehead atoms. The molecule has 1 aliphatic rings. The summed E-state index contributed by atoms with van der Waals surface area (Å²) in [5, 5.41) is 2.77. The molecular weight excluding hydrogens is 252 g/mol. The van der Waals surface area contributed by atoms with Gasteiger partial charge in [-0.2, -0.15) is 0 Å². The fourth-order valence-corrected chi connectivity index (χ4v) is 2.01. The van der Waals surface area contributed by atoms with Crippen LogP contribution in [0.4, 0.5) is 0 Å². The van der Waals surface area contributed by atoms with Gasteiger partial charge in [-0.05, 0) is 19.3 Å². The first-order chi connectivity index (χ1) is 9.08. The number of rotatable bonds is 5. The first kappa shape index (κ1) is 15.4. The lowest BCUT2D eigenvalue weighted by molar-refractivity contribution is -0.147. The summed E-state index contributed by atoms with van der Waals surface area (Å²) < 4.78 is 9.18. The maximum absolute atomic E-state index is 11.9. The number of carbonyl (C=O) groups is 3. The molecule has 1 rings (SSSR count). The Bertz CT molecular complexity index is 327. The summed E-state index contributed by atoms with van der Waals surface area (Å²) in [5.41, 5.74) is 0. The first-order valence-electron chi connectivity index (χ1n) is 6.24. The smallest absolute Gasteiger partial charge is 0.319 e. The number of nitrogens with one attached hydrogen (secondary N) is 1. The second kappa shape index (κ2) is 7.73. The highest BCUT2D eigenvalue weighted by atomic mass is 16.5. The molecule has 1 saturated heterocycles. The predicted octanol–water partition coefficient (Wildman–Crippen LogP) is -0.697. The van der Waals surface area contributed by atoms with Gasteiger partial charge in [-0.1, -0.05) is 0 Å². The third kappa shape index (κ3) is 4.86. The third-order valence-electron chi connectivity index (χ3n) is 3.07. The molecule has 1 amide bonds. The maximum atomic E-state index is 11.9. The van der Waals surface area contributed by atoms with E-state index in [0.29, 0.717) is 13.0 Å². The van der Waals surface area contributed by atoms with Crippen molar-refractivity contribution in [3.8, 4) is 0 Å². The van der Waals surface area contributed by atoms with Crippen molar-refractivity contribution >= 4 is 17.8 Å². The minimum Gasteiger partial charge on any atom is -0.468 e. The molecule has 0 radical (unpaired) electrons. The van der Waals surface area contributed by atoms with E-state index in [2.05, 4.69) is 14.8 Å². The van der Waals surface area contributed by atoms with Gasteiger partial charge < -0.3 is 14.8 Å². The summed E-state index contributed by atoms with van der Waals surface area (Å²) >= 11 is 0. The summed E-state index contributed by atoms with van der Waals surface area (Å²) in [7, 11) is 2.54. The summed E-state index contributed by atoms with van der Waals surface area (Å²) in [6.45, 7) is 0.410. The SMILES string of the molecule is COC(=O)CN(CC(=O)OC)C1CCCCNC1=O. The first-order valence-corrected chi connectivity index (χ1v) is 6.24. The van der Waals surface area contributed by atoms with Crippen molar-refractivity contribution in [2.75, 3.05) is 33.9 Å². The third-order valence-corrected chi connectivity index (χ3v) is 3.07. The van der Waals surface area contributed by atoms with Crippen LogP contribution in [0.1, 0.15) is 19.3 Å². The lowest BCUT2D eigenvalue weighted by Gasteiger charge is -2.27. The highest BCUT2D eigenvalue weighted by Crippen LogP contribution is 2.12. The molecule has 0 saturated carbocycles. The Kier molecular flexibility index (Phi) is 6.27. The summed E-state index contributed by atoms with van der Waals surface area (Å²) in [4.78, 5) is 36.2. The van der Waals surface area contributed by atoms with Gasteiger partial charge in [-0.15, -0.1) is 0 Å². The molecule has 1 aliphatic heterocycles. The lowest BCUT2D eigenvalue weighted by Crippen LogP contribution is -2.50. The van der Waals surface area contributed by atoms with E-state index >= 15 is 0 Å². The van der Waals surface area contributed by atoms with Crippen LogP contribution in [0.2, 0.25) is 0 Å². The standard InChI is InChI=1S/C12H20N2O5/c1-18-10(15)7-14(8-11(16)19-2)9-5-3-4-6-13-12(9)17/h9H,3-8H2,1-2H3,(H,13,17). The number of hydrogen-bond donors (Lipinski definition) is 1.